The standard InChI is InChI=1S/C17H19NO3S/c1-3-14-10-12-15(13-11-14)18(17(19)4-2)22(20,21)16-8-6-5-7-9-16/h5-13H,3-4H2,1-2H3. The van der Waals surface area contributed by atoms with Gasteiger partial charge in [-0.2, -0.15) is 0 Å². The van der Waals surface area contributed by atoms with E-state index in [1.165, 1.54) is 12.1 Å². The Morgan fingerprint density at radius 1 is 0.955 bits per heavy atom. The van der Waals surface area contributed by atoms with Gasteiger partial charge in [-0.1, -0.05) is 44.2 Å². The third-order valence-corrected chi connectivity index (χ3v) is 5.15. The first kappa shape index (κ1) is 16.2. The van der Waals surface area contributed by atoms with E-state index < -0.39 is 15.9 Å². The van der Waals surface area contributed by atoms with Crippen LogP contribution in [-0.4, -0.2) is 14.3 Å². The number of rotatable bonds is 5. The molecule has 0 spiro atoms. The highest BCUT2D eigenvalue weighted by molar-refractivity contribution is 7.93. The molecule has 5 heteroatoms. The van der Waals surface area contributed by atoms with Gasteiger partial charge in [0.1, 0.15) is 0 Å². The van der Waals surface area contributed by atoms with Gasteiger partial charge in [0.25, 0.3) is 10.0 Å². The van der Waals surface area contributed by atoms with Gasteiger partial charge < -0.3 is 0 Å². The van der Waals surface area contributed by atoms with Crippen LogP contribution in [0.3, 0.4) is 0 Å². The van der Waals surface area contributed by atoms with Gasteiger partial charge in [0.2, 0.25) is 5.91 Å². The largest absolute Gasteiger partial charge is 0.273 e. The molecule has 2 aromatic carbocycles. The summed E-state index contributed by atoms with van der Waals surface area (Å²) in [5, 5.41) is 0. The molecule has 0 saturated heterocycles. The van der Waals surface area contributed by atoms with E-state index in [0.29, 0.717) is 5.69 Å². The van der Waals surface area contributed by atoms with E-state index in [1.54, 1.807) is 37.3 Å². The van der Waals surface area contributed by atoms with Crippen LogP contribution in [0, 0.1) is 0 Å². The van der Waals surface area contributed by atoms with Crippen molar-refractivity contribution in [3.05, 3.63) is 60.2 Å². The van der Waals surface area contributed by atoms with E-state index in [4.69, 9.17) is 0 Å². The smallest absolute Gasteiger partial charge is 0.270 e. The topological polar surface area (TPSA) is 54.5 Å². The summed E-state index contributed by atoms with van der Waals surface area (Å²) in [6.07, 6.45) is 0.967. The molecule has 0 fully saturated rings. The second-order valence-electron chi connectivity index (χ2n) is 4.85. The van der Waals surface area contributed by atoms with Crippen molar-refractivity contribution in [2.75, 3.05) is 4.31 Å². The Hall–Kier alpha value is -2.14. The molecule has 1 amide bonds. The molecule has 0 radical (unpaired) electrons. The van der Waals surface area contributed by atoms with E-state index in [1.807, 2.05) is 19.1 Å². The lowest BCUT2D eigenvalue weighted by atomic mass is 10.1. The van der Waals surface area contributed by atoms with Crippen molar-refractivity contribution >= 4 is 21.6 Å². The molecule has 2 aromatic rings. The lowest BCUT2D eigenvalue weighted by molar-refractivity contribution is -0.117. The van der Waals surface area contributed by atoms with E-state index in [9.17, 15) is 13.2 Å². The molecule has 2 rings (SSSR count). The second-order valence-corrected chi connectivity index (χ2v) is 6.64. The van der Waals surface area contributed by atoms with Crippen LogP contribution in [0.2, 0.25) is 0 Å². The van der Waals surface area contributed by atoms with Crippen LogP contribution in [0.15, 0.2) is 59.5 Å². The Morgan fingerprint density at radius 3 is 2.05 bits per heavy atom. The predicted octanol–water partition coefficient (Wildman–Crippen LogP) is 3.38. The van der Waals surface area contributed by atoms with E-state index >= 15 is 0 Å². The van der Waals surface area contributed by atoms with Crippen molar-refractivity contribution in [3.8, 4) is 0 Å². The summed E-state index contributed by atoms with van der Waals surface area (Å²) < 4.78 is 26.5. The lowest BCUT2D eigenvalue weighted by Crippen LogP contribution is -2.36. The van der Waals surface area contributed by atoms with Gasteiger partial charge in [-0.3, -0.25) is 4.79 Å². The van der Waals surface area contributed by atoms with Crippen molar-refractivity contribution in [3.63, 3.8) is 0 Å². The zero-order valence-corrected chi connectivity index (χ0v) is 13.5. The number of hydrogen-bond donors (Lipinski definition) is 0. The first-order chi connectivity index (χ1) is 10.5. The van der Waals surface area contributed by atoms with Gasteiger partial charge in [0.05, 0.1) is 10.6 Å². The molecule has 0 unspecified atom stereocenters. The number of carbonyl (C=O) groups is 1. The fourth-order valence-corrected chi connectivity index (χ4v) is 3.63. The Morgan fingerprint density at radius 2 is 1.55 bits per heavy atom. The summed E-state index contributed by atoms with van der Waals surface area (Å²) in [5.74, 6) is -0.451. The Bertz CT molecular complexity index is 737. The van der Waals surface area contributed by atoms with E-state index in [-0.39, 0.29) is 11.3 Å². The summed E-state index contributed by atoms with van der Waals surface area (Å²) in [6, 6.07) is 15.0. The van der Waals surface area contributed by atoms with Crippen LogP contribution < -0.4 is 4.31 Å². The molecule has 0 heterocycles. The first-order valence-electron chi connectivity index (χ1n) is 7.22. The highest BCUT2D eigenvalue weighted by atomic mass is 32.2. The number of aryl methyl sites for hydroxylation is 1. The maximum atomic E-state index is 12.8. The van der Waals surface area contributed by atoms with Crippen molar-refractivity contribution in [2.45, 2.75) is 31.6 Å². The Kier molecular flexibility index (Phi) is 4.98. The highest BCUT2D eigenvalue weighted by Gasteiger charge is 2.29. The minimum atomic E-state index is -3.90. The molecule has 22 heavy (non-hydrogen) atoms. The molecule has 4 nitrogen and oxygen atoms in total. The second kappa shape index (κ2) is 6.75. The SMILES string of the molecule is CCC(=O)N(c1ccc(CC)cc1)S(=O)(=O)c1ccccc1. The van der Waals surface area contributed by atoms with Gasteiger partial charge >= 0.3 is 0 Å². The maximum Gasteiger partial charge on any atom is 0.270 e. The van der Waals surface area contributed by atoms with Crippen LogP contribution in [0.25, 0.3) is 0 Å². The molecule has 0 N–H and O–H groups in total. The summed E-state index contributed by atoms with van der Waals surface area (Å²) in [7, 11) is -3.90. The molecule has 0 aliphatic heterocycles. The summed E-state index contributed by atoms with van der Waals surface area (Å²) >= 11 is 0. The third kappa shape index (κ3) is 3.20. The average molecular weight is 317 g/mol. The third-order valence-electron chi connectivity index (χ3n) is 3.39. The van der Waals surface area contributed by atoms with Crippen LogP contribution in [0.1, 0.15) is 25.8 Å². The molecule has 0 aliphatic rings. The van der Waals surface area contributed by atoms with Gasteiger partial charge in [0.15, 0.2) is 0 Å². The Balaban J connectivity index is 2.53. The average Bonchev–Trinajstić information content (AvgIpc) is 2.56. The maximum absolute atomic E-state index is 12.8. The fraction of sp³-hybridized carbons (Fsp3) is 0.235. The summed E-state index contributed by atoms with van der Waals surface area (Å²) in [6.45, 7) is 3.67. The van der Waals surface area contributed by atoms with Crippen molar-refractivity contribution in [1.82, 2.24) is 0 Å². The fourth-order valence-electron chi connectivity index (χ4n) is 2.13. The minimum absolute atomic E-state index is 0.108. The van der Waals surface area contributed by atoms with Crippen LogP contribution in [0.4, 0.5) is 5.69 Å². The number of benzene rings is 2. The Labute approximate surface area is 131 Å². The number of hydrogen-bond acceptors (Lipinski definition) is 3. The number of sulfonamides is 1. The zero-order chi connectivity index (χ0) is 16.2. The molecular weight excluding hydrogens is 298 g/mol. The molecule has 0 bridgehead atoms. The predicted molar refractivity (Wildman–Crippen MR) is 87.2 cm³/mol. The molecule has 0 aromatic heterocycles. The number of carbonyl (C=O) groups excluding carboxylic acids is 1. The van der Waals surface area contributed by atoms with Gasteiger partial charge in [0, 0.05) is 6.42 Å². The van der Waals surface area contributed by atoms with E-state index in [0.717, 1.165) is 16.3 Å². The van der Waals surface area contributed by atoms with Crippen LogP contribution in [0.5, 0.6) is 0 Å². The molecule has 0 aliphatic carbocycles. The first-order valence-corrected chi connectivity index (χ1v) is 8.66. The zero-order valence-electron chi connectivity index (χ0n) is 12.7. The summed E-state index contributed by atoms with van der Waals surface area (Å²) in [4.78, 5) is 12.3. The molecular formula is C17H19NO3S. The van der Waals surface area contributed by atoms with Crippen molar-refractivity contribution in [2.24, 2.45) is 0 Å². The van der Waals surface area contributed by atoms with Crippen molar-refractivity contribution < 1.29 is 13.2 Å². The summed E-state index contributed by atoms with van der Waals surface area (Å²) in [5.41, 5.74) is 1.46. The minimum Gasteiger partial charge on any atom is -0.273 e. The van der Waals surface area contributed by atoms with Crippen LogP contribution >= 0.6 is 0 Å². The molecule has 0 atom stereocenters. The monoisotopic (exact) mass is 317 g/mol. The van der Waals surface area contributed by atoms with Gasteiger partial charge in [-0.25, -0.2) is 12.7 Å². The van der Waals surface area contributed by atoms with Crippen LogP contribution in [-0.2, 0) is 21.2 Å². The van der Waals surface area contributed by atoms with E-state index in [2.05, 4.69) is 0 Å². The number of amides is 1. The quantitative estimate of drug-likeness (QED) is 0.849. The number of anilines is 1. The van der Waals surface area contributed by atoms with Gasteiger partial charge in [-0.15, -0.1) is 0 Å². The molecule has 116 valence electrons. The normalized spacial score (nSPS) is 11.2. The number of nitrogens with zero attached hydrogens (tertiary/aromatic N) is 1. The molecule has 0 saturated carbocycles. The van der Waals surface area contributed by atoms with Crippen molar-refractivity contribution in [1.29, 1.82) is 0 Å². The van der Waals surface area contributed by atoms with Gasteiger partial charge in [-0.05, 0) is 36.2 Å². The lowest BCUT2D eigenvalue weighted by Gasteiger charge is -2.22. The highest BCUT2D eigenvalue weighted by Crippen LogP contribution is 2.25.